The van der Waals surface area contributed by atoms with Gasteiger partial charge in [-0.05, 0) is 37.0 Å². The number of hydrogen-bond acceptors (Lipinski definition) is 3. The van der Waals surface area contributed by atoms with E-state index in [0.717, 1.165) is 29.7 Å². The van der Waals surface area contributed by atoms with E-state index in [-0.39, 0.29) is 24.8 Å². The lowest BCUT2D eigenvalue weighted by molar-refractivity contribution is -0.138. The minimum absolute atomic E-state index is 0.000537. The van der Waals surface area contributed by atoms with Gasteiger partial charge in [0.2, 0.25) is 5.91 Å². The predicted octanol–water partition coefficient (Wildman–Crippen LogP) is 2.01. The number of methoxy groups -OCH3 is 1. The van der Waals surface area contributed by atoms with Gasteiger partial charge in [0.05, 0.1) is 20.0 Å². The van der Waals surface area contributed by atoms with Crippen molar-refractivity contribution in [2.24, 2.45) is 0 Å². The molecule has 1 amide bonds. The van der Waals surface area contributed by atoms with Gasteiger partial charge in [-0.2, -0.15) is 0 Å². The molecule has 1 aromatic carbocycles. The number of carboxylic acids is 1. The highest BCUT2D eigenvalue weighted by Crippen LogP contribution is 2.28. The first-order valence-corrected chi connectivity index (χ1v) is 7.16. The summed E-state index contributed by atoms with van der Waals surface area (Å²) in [7, 11) is 1.61. The number of ether oxygens (including phenoxy) is 1. The number of nitrogens with zero attached hydrogens (tertiary/aromatic N) is 1. The average molecular weight is 291 g/mol. The molecule has 1 saturated carbocycles. The molecule has 0 aromatic heterocycles. The van der Waals surface area contributed by atoms with Crippen molar-refractivity contribution >= 4 is 11.9 Å². The fourth-order valence-electron chi connectivity index (χ4n) is 2.36. The molecule has 0 heterocycles. The number of benzene rings is 1. The monoisotopic (exact) mass is 291 g/mol. The van der Waals surface area contributed by atoms with Crippen LogP contribution in [0.3, 0.4) is 0 Å². The Hall–Kier alpha value is -2.04. The summed E-state index contributed by atoms with van der Waals surface area (Å²) in [5, 5.41) is 8.78. The lowest BCUT2D eigenvalue weighted by atomic mass is 10.1. The van der Waals surface area contributed by atoms with Crippen molar-refractivity contribution < 1.29 is 19.4 Å². The van der Waals surface area contributed by atoms with E-state index in [0.29, 0.717) is 6.54 Å². The average Bonchev–Trinajstić information content (AvgIpc) is 3.25. The Labute approximate surface area is 124 Å². The Balaban J connectivity index is 2.02. The van der Waals surface area contributed by atoms with Gasteiger partial charge in [-0.15, -0.1) is 0 Å². The number of aryl methyl sites for hydroxylation is 1. The minimum atomic E-state index is -0.870. The summed E-state index contributed by atoms with van der Waals surface area (Å²) in [4.78, 5) is 24.8. The molecule has 21 heavy (non-hydrogen) atoms. The van der Waals surface area contributed by atoms with Crippen molar-refractivity contribution in [3.05, 3.63) is 29.3 Å². The second-order valence-corrected chi connectivity index (χ2v) is 5.44. The third kappa shape index (κ3) is 4.21. The first kappa shape index (κ1) is 15.4. The van der Waals surface area contributed by atoms with Crippen molar-refractivity contribution in [3.63, 3.8) is 0 Å². The third-order valence-electron chi connectivity index (χ3n) is 3.70. The van der Waals surface area contributed by atoms with Crippen molar-refractivity contribution in [2.75, 3.05) is 13.7 Å². The van der Waals surface area contributed by atoms with Crippen molar-refractivity contribution in [1.29, 1.82) is 0 Å². The van der Waals surface area contributed by atoms with Crippen LogP contribution in [0.4, 0.5) is 0 Å². The van der Waals surface area contributed by atoms with Gasteiger partial charge in [0.25, 0.3) is 0 Å². The molecule has 1 aromatic rings. The summed E-state index contributed by atoms with van der Waals surface area (Å²) < 4.78 is 5.26. The van der Waals surface area contributed by atoms with Gasteiger partial charge in [0.15, 0.2) is 0 Å². The van der Waals surface area contributed by atoms with Crippen LogP contribution in [0.1, 0.15) is 30.4 Å². The van der Waals surface area contributed by atoms with E-state index >= 15 is 0 Å². The summed E-state index contributed by atoms with van der Waals surface area (Å²) in [5.41, 5.74) is 1.92. The van der Waals surface area contributed by atoms with Crippen LogP contribution < -0.4 is 4.74 Å². The van der Waals surface area contributed by atoms with E-state index in [2.05, 4.69) is 0 Å². The predicted molar refractivity (Wildman–Crippen MR) is 78.4 cm³/mol. The SMILES string of the molecule is COc1cc(CC(=O)N(CCC(=O)O)C2CC2)ccc1C. The highest BCUT2D eigenvalue weighted by atomic mass is 16.5. The Morgan fingerprint density at radius 1 is 1.38 bits per heavy atom. The zero-order valence-electron chi connectivity index (χ0n) is 12.5. The Morgan fingerprint density at radius 3 is 2.67 bits per heavy atom. The number of rotatable bonds is 7. The quantitative estimate of drug-likeness (QED) is 0.834. The third-order valence-corrected chi connectivity index (χ3v) is 3.70. The van der Waals surface area contributed by atoms with E-state index in [1.54, 1.807) is 12.0 Å². The maximum atomic E-state index is 12.4. The van der Waals surface area contributed by atoms with Crippen LogP contribution in [-0.2, 0) is 16.0 Å². The molecule has 0 radical (unpaired) electrons. The lowest BCUT2D eigenvalue weighted by Gasteiger charge is -2.22. The molecule has 0 spiro atoms. The van der Waals surface area contributed by atoms with Crippen LogP contribution in [-0.4, -0.2) is 41.6 Å². The molecule has 1 N–H and O–H groups in total. The maximum absolute atomic E-state index is 12.4. The molecule has 1 aliphatic carbocycles. The van der Waals surface area contributed by atoms with Gasteiger partial charge in [-0.3, -0.25) is 9.59 Å². The van der Waals surface area contributed by atoms with Gasteiger partial charge < -0.3 is 14.7 Å². The van der Waals surface area contributed by atoms with Crippen molar-refractivity contribution in [1.82, 2.24) is 4.90 Å². The molecule has 0 aliphatic heterocycles. The van der Waals surface area contributed by atoms with Crippen LogP contribution >= 0.6 is 0 Å². The maximum Gasteiger partial charge on any atom is 0.305 e. The van der Waals surface area contributed by atoms with Gasteiger partial charge in [-0.1, -0.05) is 12.1 Å². The van der Waals surface area contributed by atoms with Crippen molar-refractivity contribution in [2.45, 2.75) is 38.6 Å². The molecule has 1 fully saturated rings. The molecule has 5 nitrogen and oxygen atoms in total. The second-order valence-electron chi connectivity index (χ2n) is 5.44. The fourth-order valence-corrected chi connectivity index (χ4v) is 2.36. The number of carbonyl (C=O) groups is 2. The molecule has 114 valence electrons. The normalized spacial score (nSPS) is 13.8. The first-order chi connectivity index (χ1) is 10.0. The molecule has 0 saturated heterocycles. The van der Waals surface area contributed by atoms with E-state index in [1.807, 2.05) is 25.1 Å². The van der Waals surface area contributed by atoms with Crippen LogP contribution in [0.5, 0.6) is 5.75 Å². The molecule has 0 bridgehead atoms. The highest BCUT2D eigenvalue weighted by Gasteiger charge is 2.32. The summed E-state index contributed by atoms with van der Waals surface area (Å²) in [6.07, 6.45) is 2.23. The molecule has 0 atom stereocenters. The van der Waals surface area contributed by atoms with Gasteiger partial charge in [0.1, 0.15) is 5.75 Å². The number of carboxylic acid groups (broad SMARTS) is 1. The second kappa shape index (κ2) is 6.61. The summed E-state index contributed by atoms with van der Waals surface area (Å²) in [5.74, 6) is -0.112. The molecular formula is C16H21NO4. The molecule has 1 aliphatic rings. The Bertz CT molecular complexity index is 537. The smallest absolute Gasteiger partial charge is 0.305 e. The molecule has 5 heteroatoms. The number of hydrogen-bond donors (Lipinski definition) is 1. The van der Waals surface area contributed by atoms with Crippen LogP contribution in [0.2, 0.25) is 0 Å². The van der Waals surface area contributed by atoms with Gasteiger partial charge in [0, 0.05) is 12.6 Å². The van der Waals surface area contributed by atoms with Crippen molar-refractivity contribution in [3.8, 4) is 5.75 Å². The van der Waals surface area contributed by atoms with Crippen LogP contribution in [0.15, 0.2) is 18.2 Å². The Kier molecular flexibility index (Phi) is 4.83. The minimum Gasteiger partial charge on any atom is -0.496 e. The molecule has 0 unspecified atom stereocenters. The summed E-state index contributed by atoms with van der Waals surface area (Å²) in [6, 6.07) is 5.94. The van der Waals surface area contributed by atoms with E-state index in [9.17, 15) is 9.59 Å². The molecule has 2 rings (SSSR count). The van der Waals surface area contributed by atoms with Gasteiger partial charge >= 0.3 is 5.97 Å². The number of carbonyl (C=O) groups excluding carboxylic acids is 1. The zero-order chi connectivity index (χ0) is 15.4. The van der Waals surface area contributed by atoms with E-state index in [4.69, 9.17) is 9.84 Å². The number of amides is 1. The molecular weight excluding hydrogens is 270 g/mol. The van der Waals surface area contributed by atoms with E-state index < -0.39 is 5.97 Å². The first-order valence-electron chi connectivity index (χ1n) is 7.16. The van der Waals surface area contributed by atoms with Crippen LogP contribution in [0, 0.1) is 6.92 Å². The number of aliphatic carboxylic acids is 1. The van der Waals surface area contributed by atoms with Gasteiger partial charge in [-0.25, -0.2) is 0 Å². The van der Waals surface area contributed by atoms with Crippen LogP contribution in [0.25, 0.3) is 0 Å². The zero-order valence-corrected chi connectivity index (χ0v) is 12.5. The summed E-state index contributed by atoms with van der Waals surface area (Å²) in [6.45, 7) is 2.25. The topological polar surface area (TPSA) is 66.8 Å². The Morgan fingerprint density at radius 2 is 2.10 bits per heavy atom. The van der Waals surface area contributed by atoms with E-state index in [1.165, 1.54) is 0 Å². The fraction of sp³-hybridized carbons (Fsp3) is 0.500. The highest BCUT2D eigenvalue weighted by molar-refractivity contribution is 5.80. The largest absolute Gasteiger partial charge is 0.496 e. The lowest BCUT2D eigenvalue weighted by Crippen LogP contribution is -2.36. The standard InChI is InChI=1S/C16H21NO4/c1-11-3-4-12(9-14(11)21-2)10-15(18)17(13-5-6-13)8-7-16(19)20/h3-4,9,13H,5-8,10H2,1-2H3,(H,19,20). The summed E-state index contributed by atoms with van der Waals surface area (Å²) >= 11 is 0.